The fraction of sp³-hybridized carbons (Fsp3) is 0.412. The van der Waals surface area contributed by atoms with Crippen molar-refractivity contribution in [2.24, 2.45) is 0 Å². The van der Waals surface area contributed by atoms with Crippen molar-refractivity contribution < 1.29 is 14.4 Å². The molecule has 0 spiro atoms. The van der Waals surface area contributed by atoms with Gasteiger partial charge >= 0.3 is 5.69 Å². The van der Waals surface area contributed by atoms with Crippen LogP contribution in [0.1, 0.15) is 5.56 Å². The second kappa shape index (κ2) is 6.92. The molecule has 0 N–H and O–H groups in total. The van der Waals surface area contributed by atoms with Gasteiger partial charge in [-0.05, 0) is 17.8 Å². The zero-order valence-corrected chi connectivity index (χ0v) is 13.9. The number of benzene rings is 1. The van der Waals surface area contributed by atoms with Crippen LogP contribution < -0.4 is 9.64 Å². The smallest absolute Gasteiger partial charge is 0.311 e. The van der Waals surface area contributed by atoms with Crippen molar-refractivity contribution >= 4 is 16.9 Å². The molecule has 2 aliphatic rings. The summed E-state index contributed by atoms with van der Waals surface area (Å²) in [6.45, 7) is 3.58. The summed E-state index contributed by atoms with van der Waals surface area (Å²) in [5.41, 5.74) is 2.77. The molecule has 1 aromatic rings. The Kier molecular flexibility index (Phi) is 4.71. The Balaban J connectivity index is 2.10. The first kappa shape index (κ1) is 16.3. The first-order valence-electron chi connectivity index (χ1n) is 7.88. The van der Waals surface area contributed by atoms with E-state index >= 15 is 0 Å². The summed E-state index contributed by atoms with van der Waals surface area (Å²) in [5.74, 6) is 0.280. The predicted molar refractivity (Wildman–Crippen MR) is 92.4 cm³/mol. The maximum Gasteiger partial charge on any atom is 0.311 e. The van der Waals surface area contributed by atoms with Gasteiger partial charge < -0.3 is 19.3 Å². The molecule has 0 unspecified atom stereocenters. The third-order valence-corrected chi connectivity index (χ3v) is 4.26. The minimum absolute atomic E-state index is 0.0160. The van der Waals surface area contributed by atoms with E-state index in [9.17, 15) is 10.1 Å². The van der Waals surface area contributed by atoms with Gasteiger partial charge in [0.15, 0.2) is 5.75 Å². The quantitative estimate of drug-likeness (QED) is 0.623. The lowest BCUT2D eigenvalue weighted by Crippen LogP contribution is -2.36. The minimum Gasteiger partial charge on any atom is -0.490 e. The number of morpholine rings is 1. The molecule has 0 radical (unpaired) electrons. The van der Waals surface area contributed by atoms with Gasteiger partial charge in [0.05, 0.1) is 25.2 Å². The maximum absolute atomic E-state index is 11.4. The Hall–Kier alpha value is -2.54. The Morgan fingerprint density at radius 3 is 2.62 bits per heavy atom. The molecular weight excluding hydrogens is 310 g/mol. The molecule has 24 heavy (non-hydrogen) atoms. The third-order valence-electron chi connectivity index (χ3n) is 4.26. The first-order chi connectivity index (χ1) is 11.6. The van der Waals surface area contributed by atoms with Gasteiger partial charge in [0.25, 0.3) is 0 Å². The Bertz CT molecular complexity index is 693. The highest BCUT2D eigenvalue weighted by atomic mass is 16.6. The van der Waals surface area contributed by atoms with Gasteiger partial charge in [0.2, 0.25) is 0 Å². The SMILES string of the molecule is COc1cc(N2CCOCC2)c(C2=CCN(C)C=C2)cc1[N+](=O)[O-]. The van der Waals surface area contributed by atoms with Crippen LogP contribution in [-0.4, -0.2) is 56.8 Å². The highest BCUT2D eigenvalue weighted by Gasteiger charge is 2.24. The van der Waals surface area contributed by atoms with Crippen LogP contribution in [0.3, 0.4) is 0 Å². The first-order valence-corrected chi connectivity index (χ1v) is 7.88. The van der Waals surface area contributed by atoms with Crippen molar-refractivity contribution in [1.29, 1.82) is 0 Å². The van der Waals surface area contributed by atoms with E-state index in [2.05, 4.69) is 15.9 Å². The molecule has 1 aromatic carbocycles. The largest absolute Gasteiger partial charge is 0.490 e. The lowest BCUT2D eigenvalue weighted by atomic mass is 9.99. The number of nitro benzene ring substituents is 1. The second-order valence-electron chi connectivity index (χ2n) is 5.81. The van der Waals surface area contributed by atoms with E-state index in [0.717, 1.165) is 36.5 Å². The molecule has 1 fully saturated rings. The summed E-state index contributed by atoms with van der Waals surface area (Å²) in [5, 5.41) is 11.4. The van der Waals surface area contributed by atoms with Crippen LogP contribution in [0, 0.1) is 10.1 Å². The number of ether oxygens (including phenoxy) is 2. The summed E-state index contributed by atoms with van der Waals surface area (Å²) in [4.78, 5) is 15.2. The van der Waals surface area contributed by atoms with Crippen LogP contribution in [0.25, 0.3) is 5.57 Å². The number of likely N-dealkylation sites (N-methyl/N-ethyl adjacent to an activating group) is 1. The Morgan fingerprint density at radius 1 is 1.29 bits per heavy atom. The zero-order chi connectivity index (χ0) is 17.1. The van der Waals surface area contributed by atoms with Gasteiger partial charge in [-0.2, -0.15) is 0 Å². The lowest BCUT2D eigenvalue weighted by molar-refractivity contribution is -0.385. The number of methoxy groups -OCH3 is 1. The van der Waals surface area contributed by atoms with Gasteiger partial charge in [-0.3, -0.25) is 10.1 Å². The van der Waals surface area contributed by atoms with Crippen LogP contribution in [0.2, 0.25) is 0 Å². The minimum atomic E-state index is -0.398. The molecule has 0 saturated carbocycles. The molecule has 0 aliphatic carbocycles. The lowest BCUT2D eigenvalue weighted by Gasteiger charge is -2.31. The van der Waals surface area contributed by atoms with Crippen molar-refractivity contribution in [2.45, 2.75) is 0 Å². The molecule has 3 rings (SSSR count). The molecule has 0 aromatic heterocycles. The van der Waals surface area contributed by atoms with Crippen molar-refractivity contribution in [3.63, 3.8) is 0 Å². The molecule has 0 bridgehead atoms. The highest BCUT2D eigenvalue weighted by Crippen LogP contribution is 2.39. The van der Waals surface area contributed by atoms with Crippen molar-refractivity contribution in [3.8, 4) is 5.75 Å². The van der Waals surface area contributed by atoms with Crippen LogP contribution >= 0.6 is 0 Å². The fourth-order valence-electron chi connectivity index (χ4n) is 2.94. The number of allylic oxidation sites excluding steroid dienone is 2. The van der Waals surface area contributed by atoms with E-state index in [4.69, 9.17) is 9.47 Å². The number of nitrogens with zero attached hydrogens (tertiary/aromatic N) is 3. The summed E-state index contributed by atoms with van der Waals surface area (Å²) >= 11 is 0. The van der Waals surface area contributed by atoms with Crippen LogP contribution in [0.15, 0.2) is 30.5 Å². The molecule has 128 valence electrons. The van der Waals surface area contributed by atoms with Crippen LogP contribution in [0.4, 0.5) is 11.4 Å². The van der Waals surface area contributed by atoms with Gasteiger partial charge in [-0.15, -0.1) is 0 Å². The third kappa shape index (κ3) is 3.21. The highest BCUT2D eigenvalue weighted by molar-refractivity contribution is 5.86. The Labute approximate surface area is 140 Å². The predicted octanol–water partition coefficient (Wildman–Crippen LogP) is 2.28. The van der Waals surface area contributed by atoms with Gasteiger partial charge in [-0.1, -0.05) is 6.08 Å². The molecule has 2 aliphatic heterocycles. The van der Waals surface area contributed by atoms with Crippen molar-refractivity contribution in [2.75, 3.05) is 51.9 Å². The summed E-state index contributed by atoms with van der Waals surface area (Å²) in [7, 11) is 3.45. The number of anilines is 1. The number of hydrogen-bond acceptors (Lipinski definition) is 6. The standard InChI is InChI=1S/C17H21N3O4/c1-18-5-3-13(4-6-18)14-11-16(20(21)22)17(23-2)12-15(14)19-7-9-24-10-8-19/h3-5,11-12H,6-10H2,1-2H3. The van der Waals surface area contributed by atoms with E-state index in [1.54, 1.807) is 12.1 Å². The van der Waals surface area contributed by atoms with Crippen LogP contribution in [0.5, 0.6) is 5.75 Å². The van der Waals surface area contributed by atoms with Crippen molar-refractivity contribution in [3.05, 3.63) is 46.2 Å². The van der Waals surface area contributed by atoms with Crippen molar-refractivity contribution in [1.82, 2.24) is 4.90 Å². The second-order valence-corrected chi connectivity index (χ2v) is 5.81. The Morgan fingerprint density at radius 2 is 2.04 bits per heavy atom. The number of hydrogen-bond donors (Lipinski definition) is 0. The van der Waals surface area contributed by atoms with E-state index < -0.39 is 4.92 Å². The van der Waals surface area contributed by atoms with E-state index in [0.29, 0.717) is 13.2 Å². The van der Waals surface area contributed by atoms with Gasteiger partial charge in [-0.25, -0.2) is 0 Å². The molecular formula is C17H21N3O4. The summed E-state index contributed by atoms with van der Waals surface area (Å²) < 4.78 is 10.7. The fourth-order valence-corrected chi connectivity index (χ4v) is 2.94. The average Bonchev–Trinajstić information content (AvgIpc) is 2.62. The molecule has 7 nitrogen and oxygen atoms in total. The normalized spacial score (nSPS) is 17.7. The topological polar surface area (TPSA) is 68.1 Å². The number of rotatable bonds is 4. The molecule has 2 heterocycles. The van der Waals surface area contributed by atoms with E-state index in [1.165, 1.54) is 7.11 Å². The average molecular weight is 331 g/mol. The monoisotopic (exact) mass is 331 g/mol. The van der Waals surface area contributed by atoms with Gasteiger partial charge in [0.1, 0.15) is 0 Å². The maximum atomic E-state index is 11.4. The summed E-state index contributed by atoms with van der Waals surface area (Å²) in [6.07, 6.45) is 6.04. The van der Waals surface area contributed by atoms with Crippen LogP contribution in [-0.2, 0) is 4.74 Å². The molecule has 0 amide bonds. The zero-order valence-electron chi connectivity index (χ0n) is 13.9. The molecule has 0 atom stereocenters. The summed E-state index contributed by atoms with van der Waals surface area (Å²) in [6, 6.07) is 3.39. The van der Waals surface area contributed by atoms with Gasteiger partial charge in [0, 0.05) is 50.1 Å². The number of nitro groups is 1. The molecule has 7 heteroatoms. The molecule has 1 saturated heterocycles. The van der Waals surface area contributed by atoms with E-state index in [-0.39, 0.29) is 11.4 Å². The van der Waals surface area contributed by atoms with E-state index in [1.807, 2.05) is 19.3 Å².